The zero-order valence-corrected chi connectivity index (χ0v) is 41.6. The van der Waals surface area contributed by atoms with Gasteiger partial charge in [-0.15, -0.1) is 0 Å². The SMILES string of the molecule is CC/C=C\C/C=C\C/C=C\CCCCCCCCC(=O)OC(COC(=O)CCCCCCCCCCCC)COC(=O)CCCCCCCCCCCC/C=C\C=C/CCCCC. The van der Waals surface area contributed by atoms with Crippen LogP contribution in [0.5, 0.6) is 0 Å². The number of ether oxygens (including phenoxy) is 3. The Labute approximate surface area is 390 Å². The first-order valence-electron chi connectivity index (χ1n) is 26.8. The Balaban J connectivity index is 4.33. The third-order valence-corrected chi connectivity index (χ3v) is 11.5. The molecular weight excluding hydrogens is 781 g/mol. The van der Waals surface area contributed by atoms with E-state index in [0.29, 0.717) is 19.3 Å². The van der Waals surface area contributed by atoms with Gasteiger partial charge in [0.15, 0.2) is 6.10 Å². The second kappa shape index (κ2) is 51.7. The fourth-order valence-corrected chi connectivity index (χ4v) is 7.51. The highest BCUT2D eigenvalue weighted by Gasteiger charge is 2.19. The van der Waals surface area contributed by atoms with Crippen LogP contribution in [0.2, 0.25) is 0 Å². The lowest BCUT2D eigenvalue weighted by molar-refractivity contribution is -0.167. The molecule has 0 bridgehead atoms. The van der Waals surface area contributed by atoms with Gasteiger partial charge < -0.3 is 14.2 Å². The average molecular weight is 881 g/mol. The highest BCUT2D eigenvalue weighted by molar-refractivity contribution is 5.71. The smallest absolute Gasteiger partial charge is 0.306 e. The molecular formula is C57H100O6. The van der Waals surface area contributed by atoms with Gasteiger partial charge in [-0.05, 0) is 77.0 Å². The van der Waals surface area contributed by atoms with E-state index in [-0.39, 0.29) is 31.1 Å². The summed E-state index contributed by atoms with van der Waals surface area (Å²) < 4.78 is 16.8. The maximum atomic E-state index is 12.8. The summed E-state index contributed by atoms with van der Waals surface area (Å²) in [5.74, 6) is -0.890. The Morgan fingerprint density at radius 1 is 0.349 bits per heavy atom. The van der Waals surface area contributed by atoms with E-state index in [1.807, 2.05) is 0 Å². The molecule has 0 heterocycles. The van der Waals surface area contributed by atoms with Gasteiger partial charge >= 0.3 is 17.9 Å². The average Bonchev–Trinajstić information content (AvgIpc) is 3.28. The van der Waals surface area contributed by atoms with Crippen LogP contribution in [0.1, 0.15) is 265 Å². The van der Waals surface area contributed by atoms with Crippen molar-refractivity contribution in [2.24, 2.45) is 0 Å². The molecule has 0 aliphatic rings. The molecule has 63 heavy (non-hydrogen) atoms. The van der Waals surface area contributed by atoms with Gasteiger partial charge in [-0.25, -0.2) is 0 Å². The summed E-state index contributed by atoms with van der Waals surface area (Å²) in [6.07, 6.45) is 63.5. The summed E-state index contributed by atoms with van der Waals surface area (Å²) >= 11 is 0. The molecule has 0 saturated carbocycles. The van der Waals surface area contributed by atoms with E-state index in [0.717, 1.165) is 89.9 Å². The Kier molecular flexibility index (Phi) is 49.4. The summed E-state index contributed by atoms with van der Waals surface area (Å²) in [5.41, 5.74) is 0. The summed E-state index contributed by atoms with van der Waals surface area (Å²) in [5, 5.41) is 0. The first-order valence-corrected chi connectivity index (χ1v) is 26.8. The highest BCUT2D eigenvalue weighted by Crippen LogP contribution is 2.15. The quantitative estimate of drug-likeness (QED) is 0.0199. The number of carbonyl (C=O) groups excluding carboxylic acids is 3. The van der Waals surface area contributed by atoms with E-state index in [9.17, 15) is 14.4 Å². The number of rotatable bonds is 48. The Hall–Kier alpha value is -2.89. The lowest BCUT2D eigenvalue weighted by Gasteiger charge is -2.18. The molecule has 0 aliphatic heterocycles. The van der Waals surface area contributed by atoms with Crippen molar-refractivity contribution in [1.82, 2.24) is 0 Å². The second-order valence-corrected chi connectivity index (χ2v) is 17.8. The second-order valence-electron chi connectivity index (χ2n) is 17.8. The molecule has 0 aromatic carbocycles. The van der Waals surface area contributed by atoms with Crippen LogP contribution in [-0.4, -0.2) is 37.2 Å². The van der Waals surface area contributed by atoms with Crippen LogP contribution in [0.3, 0.4) is 0 Å². The number of allylic oxidation sites excluding steroid dienone is 10. The van der Waals surface area contributed by atoms with Gasteiger partial charge in [0.2, 0.25) is 0 Å². The van der Waals surface area contributed by atoms with Gasteiger partial charge in [0, 0.05) is 19.3 Å². The minimum atomic E-state index is -0.779. The molecule has 0 N–H and O–H groups in total. The predicted molar refractivity (Wildman–Crippen MR) is 270 cm³/mol. The fraction of sp³-hybridized carbons (Fsp3) is 0.772. The first-order chi connectivity index (χ1) is 31.0. The van der Waals surface area contributed by atoms with Crippen LogP contribution in [0, 0.1) is 0 Å². The third-order valence-electron chi connectivity index (χ3n) is 11.5. The lowest BCUT2D eigenvalue weighted by atomic mass is 10.1. The molecule has 0 fully saturated rings. The molecule has 1 atom stereocenters. The van der Waals surface area contributed by atoms with E-state index in [1.165, 1.54) is 135 Å². The fourth-order valence-electron chi connectivity index (χ4n) is 7.51. The van der Waals surface area contributed by atoms with Gasteiger partial charge in [0.25, 0.3) is 0 Å². The van der Waals surface area contributed by atoms with Crippen LogP contribution >= 0.6 is 0 Å². The zero-order chi connectivity index (χ0) is 45.8. The van der Waals surface area contributed by atoms with Crippen LogP contribution < -0.4 is 0 Å². The summed E-state index contributed by atoms with van der Waals surface area (Å²) in [7, 11) is 0. The molecule has 0 aliphatic carbocycles. The molecule has 1 unspecified atom stereocenters. The van der Waals surface area contributed by atoms with Crippen molar-refractivity contribution in [3.8, 4) is 0 Å². The van der Waals surface area contributed by atoms with Gasteiger partial charge in [-0.2, -0.15) is 0 Å². The van der Waals surface area contributed by atoms with E-state index in [2.05, 4.69) is 81.5 Å². The number of hydrogen-bond donors (Lipinski definition) is 0. The lowest BCUT2D eigenvalue weighted by Crippen LogP contribution is -2.30. The van der Waals surface area contributed by atoms with Crippen LogP contribution in [-0.2, 0) is 28.6 Å². The zero-order valence-electron chi connectivity index (χ0n) is 41.6. The maximum Gasteiger partial charge on any atom is 0.306 e. The van der Waals surface area contributed by atoms with E-state index < -0.39 is 6.10 Å². The van der Waals surface area contributed by atoms with Crippen LogP contribution in [0.15, 0.2) is 60.8 Å². The molecule has 0 saturated heterocycles. The third kappa shape index (κ3) is 50.0. The molecule has 6 nitrogen and oxygen atoms in total. The molecule has 0 rings (SSSR count). The minimum Gasteiger partial charge on any atom is -0.462 e. The Morgan fingerprint density at radius 3 is 1.10 bits per heavy atom. The summed E-state index contributed by atoms with van der Waals surface area (Å²) in [6, 6.07) is 0. The van der Waals surface area contributed by atoms with Crippen molar-refractivity contribution in [2.45, 2.75) is 271 Å². The predicted octanol–water partition coefficient (Wildman–Crippen LogP) is 17.6. The molecule has 0 aromatic rings. The van der Waals surface area contributed by atoms with Crippen molar-refractivity contribution in [3.63, 3.8) is 0 Å². The van der Waals surface area contributed by atoms with Crippen LogP contribution in [0.25, 0.3) is 0 Å². The Morgan fingerprint density at radius 2 is 0.667 bits per heavy atom. The van der Waals surface area contributed by atoms with Gasteiger partial charge in [-0.3, -0.25) is 14.4 Å². The van der Waals surface area contributed by atoms with Gasteiger partial charge in [0.05, 0.1) is 0 Å². The van der Waals surface area contributed by atoms with E-state index >= 15 is 0 Å². The normalized spacial score (nSPS) is 12.5. The number of carbonyl (C=O) groups is 3. The molecule has 6 heteroatoms. The number of hydrogen-bond acceptors (Lipinski definition) is 6. The maximum absolute atomic E-state index is 12.8. The van der Waals surface area contributed by atoms with Crippen LogP contribution in [0.4, 0.5) is 0 Å². The number of unbranched alkanes of at least 4 members (excludes halogenated alkanes) is 28. The molecule has 0 aromatic heterocycles. The molecule has 364 valence electrons. The monoisotopic (exact) mass is 881 g/mol. The largest absolute Gasteiger partial charge is 0.462 e. The molecule has 0 amide bonds. The molecule has 0 radical (unpaired) electrons. The summed E-state index contributed by atoms with van der Waals surface area (Å²) in [6.45, 7) is 6.49. The number of esters is 3. The van der Waals surface area contributed by atoms with Gasteiger partial charge in [-0.1, -0.05) is 229 Å². The molecule has 0 spiro atoms. The van der Waals surface area contributed by atoms with E-state index in [4.69, 9.17) is 14.2 Å². The van der Waals surface area contributed by atoms with Gasteiger partial charge in [0.1, 0.15) is 13.2 Å². The van der Waals surface area contributed by atoms with Crippen molar-refractivity contribution in [1.29, 1.82) is 0 Å². The minimum absolute atomic E-state index is 0.0788. The van der Waals surface area contributed by atoms with Crippen molar-refractivity contribution in [2.75, 3.05) is 13.2 Å². The van der Waals surface area contributed by atoms with Crippen molar-refractivity contribution >= 4 is 17.9 Å². The van der Waals surface area contributed by atoms with Crippen molar-refractivity contribution < 1.29 is 28.6 Å². The Bertz CT molecular complexity index is 1150. The highest BCUT2D eigenvalue weighted by atomic mass is 16.6. The van der Waals surface area contributed by atoms with Crippen molar-refractivity contribution in [3.05, 3.63) is 60.8 Å². The standard InChI is InChI=1S/C57H100O6/c1-4-7-10-13-16-19-22-24-26-28-29-30-32-33-35-38-41-44-47-50-56(59)62-53-54(52-61-55(58)49-46-43-40-37-21-18-15-12-9-6-3)63-57(60)51-48-45-42-39-36-34-31-27-25-23-20-17-14-11-8-5-2/h8,11,16-17,19-20,22,24-25,27,54H,4-7,9-10,12-15,18,21,23,26,28-53H2,1-3H3/b11-8-,19-16-,20-17-,24-22-,27-25-. The van der Waals surface area contributed by atoms with E-state index in [1.54, 1.807) is 0 Å². The first kappa shape index (κ1) is 60.1. The summed E-state index contributed by atoms with van der Waals surface area (Å²) in [4.78, 5) is 38.0. The topological polar surface area (TPSA) is 78.9 Å².